The number of hydrogen-bond donors (Lipinski definition) is 1. The average Bonchev–Trinajstić information content (AvgIpc) is 2.73. The molecule has 3 aromatic carbocycles. The van der Waals surface area contributed by atoms with Crippen molar-refractivity contribution in [3.8, 4) is 5.75 Å². The Morgan fingerprint density at radius 2 is 1.68 bits per heavy atom. The fourth-order valence-corrected chi connectivity index (χ4v) is 2.92. The van der Waals surface area contributed by atoms with Crippen molar-refractivity contribution in [1.29, 1.82) is 0 Å². The van der Waals surface area contributed by atoms with Gasteiger partial charge in [-0.2, -0.15) is 0 Å². The van der Waals surface area contributed by atoms with E-state index in [1.165, 1.54) is 0 Å². The highest BCUT2D eigenvalue weighted by Crippen LogP contribution is 2.23. The number of methoxy groups -OCH3 is 1. The normalized spacial score (nSPS) is 11.6. The first-order valence-electron chi connectivity index (χ1n) is 9.18. The van der Waals surface area contributed by atoms with E-state index in [9.17, 15) is 9.59 Å². The molecule has 3 aromatic rings. The molecule has 0 bridgehead atoms. The Morgan fingerprint density at radius 3 is 2.43 bits per heavy atom. The summed E-state index contributed by atoms with van der Waals surface area (Å²) in [5, 5.41) is 4.82. The topological polar surface area (TPSA) is 64.6 Å². The number of amides is 1. The molecule has 0 saturated heterocycles. The largest absolute Gasteiger partial charge is 0.497 e. The van der Waals surface area contributed by atoms with E-state index in [0.717, 1.165) is 22.1 Å². The summed E-state index contributed by atoms with van der Waals surface area (Å²) < 4.78 is 10.4. The lowest BCUT2D eigenvalue weighted by molar-refractivity contribution is -0.153. The van der Waals surface area contributed by atoms with Crippen LogP contribution in [-0.4, -0.2) is 25.1 Å². The Balaban J connectivity index is 1.53. The van der Waals surface area contributed by atoms with Crippen molar-refractivity contribution in [3.63, 3.8) is 0 Å². The third kappa shape index (κ3) is 4.88. The standard InChI is InChI=1S/C23H23NO4/c1-16(28-22(25)15-12-17-10-13-19(27-2)14-11-17)23(26)24-21-9-5-7-18-6-3-4-8-20(18)21/h3-11,13-14,16H,12,15H2,1-2H3,(H,24,26)/t16-/m0/s1. The SMILES string of the molecule is COc1ccc(CCC(=O)O[C@@H](C)C(=O)Nc2cccc3ccccc23)cc1. The monoisotopic (exact) mass is 377 g/mol. The second-order valence-corrected chi connectivity index (χ2v) is 6.50. The Bertz CT molecular complexity index is 961. The van der Waals surface area contributed by atoms with E-state index in [0.29, 0.717) is 12.1 Å². The molecule has 0 aliphatic heterocycles. The van der Waals surface area contributed by atoms with Gasteiger partial charge in [0.2, 0.25) is 0 Å². The third-order valence-electron chi connectivity index (χ3n) is 4.50. The van der Waals surface area contributed by atoms with Crippen molar-refractivity contribution < 1.29 is 19.1 Å². The molecule has 28 heavy (non-hydrogen) atoms. The molecule has 144 valence electrons. The summed E-state index contributed by atoms with van der Waals surface area (Å²) in [6.07, 6.45) is -0.124. The van der Waals surface area contributed by atoms with Crippen LogP contribution in [0.4, 0.5) is 5.69 Å². The number of hydrogen-bond acceptors (Lipinski definition) is 4. The number of nitrogens with one attached hydrogen (secondary N) is 1. The van der Waals surface area contributed by atoms with Gasteiger partial charge in [-0.25, -0.2) is 0 Å². The van der Waals surface area contributed by atoms with Crippen molar-refractivity contribution in [2.24, 2.45) is 0 Å². The van der Waals surface area contributed by atoms with Gasteiger partial charge >= 0.3 is 5.97 Å². The summed E-state index contributed by atoms with van der Waals surface area (Å²) in [4.78, 5) is 24.5. The molecule has 0 aromatic heterocycles. The predicted molar refractivity (Wildman–Crippen MR) is 109 cm³/mol. The lowest BCUT2D eigenvalue weighted by atomic mass is 10.1. The molecule has 5 heteroatoms. The molecule has 3 rings (SSSR count). The molecule has 0 aliphatic rings. The van der Waals surface area contributed by atoms with E-state index in [1.54, 1.807) is 14.0 Å². The zero-order chi connectivity index (χ0) is 19.9. The minimum Gasteiger partial charge on any atom is -0.497 e. The van der Waals surface area contributed by atoms with E-state index in [1.807, 2.05) is 66.7 Å². The molecular formula is C23H23NO4. The van der Waals surface area contributed by atoms with Crippen LogP contribution in [-0.2, 0) is 20.7 Å². The fourth-order valence-electron chi connectivity index (χ4n) is 2.92. The van der Waals surface area contributed by atoms with Gasteiger partial charge in [-0.1, -0.05) is 48.5 Å². The Labute approximate surface area is 164 Å². The van der Waals surface area contributed by atoms with Crippen molar-refractivity contribution >= 4 is 28.3 Å². The van der Waals surface area contributed by atoms with E-state index < -0.39 is 12.1 Å². The molecule has 0 saturated carbocycles. The Hall–Kier alpha value is -3.34. The highest BCUT2D eigenvalue weighted by molar-refractivity contribution is 6.03. The summed E-state index contributed by atoms with van der Waals surface area (Å²) in [7, 11) is 1.61. The van der Waals surface area contributed by atoms with Gasteiger partial charge < -0.3 is 14.8 Å². The fraction of sp³-hybridized carbons (Fsp3) is 0.217. The number of fused-ring (bicyclic) bond motifs is 1. The van der Waals surface area contributed by atoms with Crippen molar-refractivity contribution in [2.75, 3.05) is 12.4 Å². The van der Waals surface area contributed by atoms with Crippen LogP contribution in [0.3, 0.4) is 0 Å². The maximum absolute atomic E-state index is 12.4. The second kappa shape index (κ2) is 9.04. The maximum Gasteiger partial charge on any atom is 0.306 e. The van der Waals surface area contributed by atoms with Gasteiger partial charge in [0.25, 0.3) is 5.91 Å². The quantitative estimate of drug-likeness (QED) is 0.622. The first kappa shape index (κ1) is 19.4. The minimum atomic E-state index is -0.873. The number of anilines is 1. The van der Waals surface area contributed by atoms with Crippen LogP contribution in [0.5, 0.6) is 5.75 Å². The first-order valence-corrected chi connectivity index (χ1v) is 9.18. The Kier molecular flexibility index (Phi) is 6.27. The summed E-state index contributed by atoms with van der Waals surface area (Å²) in [5.41, 5.74) is 1.70. The number of carbonyl (C=O) groups is 2. The molecule has 0 spiro atoms. The van der Waals surface area contributed by atoms with Crippen LogP contribution in [0.1, 0.15) is 18.9 Å². The number of rotatable bonds is 7. The molecule has 5 nitrogen and oxygen atoms in total. The van der Waals surface area contributed by atoms with Crippen LogP contribution in [0.15, 0.2) is 66.7 Å². The smallest absolute Gasteiger partial charge is 0.306 e. The van der Waals surface area contributed by atoms with Gasteiger partial charge in [0.05, 0.1) is 7.11 Å². The molecule has 1 N–H and O–H groups in total. The number of esters is 1. The summed E-state index contributed by atoms with van der Waals surface area (Å²) in [6.45, 7) is 1.58. The molecule has 0 heterocycles. The summed E-state index contributed by atoms with van der Waals surface area (Å²) in [6, 6.07) is 21.0. The van der Waals surface area contributed by atoms with Crippen LogP contribution >= 0.6 is 0 Å². The minimum absolute atomic E-state index is 0.207. The first-order chi connectivity index (χ1) is 13.6. The lowest BCUT2D eigenvalue weighted by Gasteiger charge is -2.15. The molecule has 1 atom stereocenters. The van der Waals surface area contributed by atoms with Gasteiger partial charge in [0, 0.05) is 17.5 Å². The molecule has 0 radical (unpaired) electrons. The van der Waals surface area contributed by atoms with E-state index in [2.05, 4.69) is 5.32 Å². The van der Waals surface area contributed by atoms with Crippen molar-refractivity contribution in [3.05, 3.63) is 72.3 Å². The van der Waals surface area contributed by atoms with E-state index >= 15 is 0 Å². The third-order valence-corrected chi connectivity index (χ3v) is 4.50. The van der Waals surface area contributed by atoms with Gasteiger partial charge in [-0.05, 0) is 42.5 Å². The van der Waals surface area contributed by atoms with Crippen LogP contribution in [0, 0.1) is 0 Å². The second-order valence-electron chi connectivity index (χ2n) is 6.50. The summed E-state index contributed by atoms with van der Waals surface area (Å²) >= 11 is 0. The maximum atomic E-state index is 12.4. The molecule has 1 amide bonds. The lowest BCUT2D eigenvalue weighted by Crippen LogP contribution is -2.30. The van der Waals surface area contributed by atoms with Crippen molar-refractivity contribution in [2.45, 2.75) is 25.9 Å². The van der Waals surface area contributed by atoms with E-state index in [4.69, 9.17) is 9.47 Å². The predicted octanol–water partition coefficient (Wildman–Crippen LogP) is 4.35. The van der Waals surface area contributed by atoms with Gasteiger partial charge in [-0.3, -0.25) is 9.59 Å². The number of ether oxygens (including phenoxy) is 2. The average molecular weight is 377 g/mol. The highest BCUT2D eigenvalue weighted by atomic mass is 16.5. The van der Waals surface area contributed by atoms with Gasteiger partial charge in [-0.15, -0.1) is 0 Å². The zero-order valence-electron chi connectivity index (χ0n) is 16.0. The van der Waals surface area contributed by atoms with Crippen LogP contribution in [0.2, 0.25) is 0 Å². The summed E-state index contributed by atoms with van der Waals surface area (Å²) in [5.74, 6) is 0.00981. The molecule has 0 fully saturated rings. The molecule has 0 unspecified atom stereocenters. The highest BCUT2D eigenvalue weighted by Gasteiger charge is 2.18. The van der Waals surface area contributed by atoms with Gasteiger partial charge in [0.15, 0.2) is 6.10 Å². The number of aryl methyl sites for hydroxylation is 1. The molecular weight excluding hydrogens is 354 g/mol. The van der Waals surface area contributed by atoms with E-state index in [-0.39, 0.29) is 12.3 Å². The van der Waals surface area contributed by atoms with Gasteiger partial charge in [0.1, 0.15) is 5.75 Å². The number of benzene rings is 3. The van der Waals surface area contributed by atoms with Crippen molar-refractivity contribution in [1.82, 2.24) is 0 Å². The Morgan fingerprint density at radius 1 is 0.964 bits per heavy atom. The number of carbonyl (C=O) groups excluding carboxylic acids is 2. The zero-order valence-corrected chi connectivity index (χ0v) is 16.0. The van der Waals surface area contributed by atoms with Crippen LogP contribution in [0.25, 0.3) is 10.8 Å². The molecule has 0 aliphatic carbocycles. The van der Waals surface area contributed by atoms with Crippen LogP contribution < -0.4 is 10.1 Å².